The highest BCUT2D eigenvalue weighted by molar-refractivity contribution is 5.98. The van der Waals surface area contributed by atoms with Crippen molar-refractivity contribution >= 4 is 17.5 Å². The lowest BCUT2D eigenvalue weighted by Gasteiger charge is -2.36. The van der Waals surface area contributed by atoms with Crippen molar-refractivity contribution in [3.63, 3.8) is 0 Å². The van der Waals surface area contributed by atoms with Crippen LogP contribution < -0.4 is 10.2 Å². The van der Waals surface area contributed by atoms with Gasteiger partial charge in [-0.1, -0.05) is 13.3 Å². The summed E-state index contributed by atoms with van der Waals surface area (Å²) in [7, 11) is 0. The Morgan fingerprint density at radius 2 is 1.82 bits per heavy atom. The third-order valence-electron chi connectivity index (χ3n) is 4.81. The Kier molecular flexibility index (Phi) is 6.57. The molecule has 1 aliphatic rings. The van der Waals surface area contributed by atoms with E-state index in [1.165, 1.54) is 18.3 Å². The van der Waals surface area contributed by atoms with Crippen LogP contribution in [0, 0.1) is 5.82 Å². The third kappa shape index (κ3) is 4.85. The molecule has 148 valence electrons. The Bertz CT molecular complexity index is 817. The van der Waals surface area contributed by atoms with Gasteiger partial charge in [-0.05, 0) is 42.8 Å². The average molecular weight is 384 g/mol. The number of carbonyl (C=O) groups is 2. The second kappa shape index (κ2) is 9.30. The lowest BCUT2D eigenvalue weighted by molar-refractivity contribution is 0.0746. The van der Waals surface area contributed by atoms with Crippen molar-refractivity contribution in [3.05, 3.63) is 59.7 Å². The first-order chi connectivity index (χ1) is 13.6. The lowest BCUT2D eigenvalue weighted by Crippen LogP contribution is -2.48. The number of nitrogens with zero attached hydrogens (tertiary/aromatic N) is 3. The number of unbranched alkanes of at least 4 members (excludes halogenated alkanes) is 1. The first-order valence-electron chi connectivity index (χ1n) is 9.62. The fourth-order valence-electron chi connectivity index (χ4n) is 3.16. The Morgan fingerprint density at radius 1 is 1.11 bits per heavy atom. The van der Waals surface area contributed by atoms with Gasteiger partial charge >= 0.3 is 0 Å². The van der Waals surface area contributed by atoms with E-state index >= 15 is 0 Å². The van der Waals surface area contributed by atoms with Crippen molar-refractivity contribution in [2.24, 2.45) is 0 Å². The number of pyridine rings is 1. The van der Waals surface area contributed by atoms with Crippen molar-refractivity contribution in [3.8, 4) is 0 Å². The number of halogens is 1. The molecule has 1 fully saturated rings. The van der Waals surface area contributed by atoms with E-state index in [0.29, 0.717) is 38.3 Å². The summed E-state index contributed by atoms with van der Waals surface area (Å²) >= 11 is 0. The molecule has 0 aliphatic carbocycles. The van der Waals surface area contributed by atoms with Crippen molar-refractivity contribution < 1.29 is 14.0 Å². The zero-order valence-corrected chi connectivity index (χ0v) is 16.0. The van der Waals surface area contributed by atoms with Gasteiger partial charge in [0.2, 0.25) is 0 Å². The van der Waals surface area contributed by atoms with Crippen LogP contribution in [-0.4, -0.2) is 54.4 Å². The monoisotopic (exact) mass is 384 g/mol. The molecular formula is C21H25FN4O2. The molecule has 28 heavy (non-hydrogen) atoms. The third-order valence-corrected chi connectivity index (χ3v) is 4.81. The minimum atomic E-state index is -0.260. The van der Waals surface area contributed by atoms with Crippen molar-refractivity contribution in [2.45, 2.75) is 19.8 Å². The van der Waals surface area contributed by atoms with E-state index in [1.54, 1.807) is 29.2 Å². The maximum atomic E-state index is 13.1. The predicted molar refractivity (Wildman–Crippen MR) is 106 cm³/mol. The molecule has 0 radical (unpaired) electrons. The number of nitrogens with one attached hydrogen (secondary N) is 1. The summed E-state index contributed by atoms with van der Waals surface area (Å²) in [6.45, 7) is 5.13. The highest BCUT2D eigenvalue weighted by atomic mass is 19.1. The first kappa shape index (κ1) is 19.8. The number of amides is 2. The van der Waals surface area contributed by atoms with Crippen LogP contribution in [0.25, 0.3) is 0 Å². The minimum absolute atomic E-state index is 0.108. The zero-order chi connectivity index (χ0) is 19.9. The van der Waals surface area contributed by atoms with Crippen LogP contribution in [-0.2, 0) is 0 Å². The van der Waals surface area contributed by atoms with Gasteiger partial charge in [-0.15, -0.1) is 0 Å². The van der Waals surface area contributed by atoms with Gasteiger partial charge < -0.3 is 15.1 Å². The van der Waals surface area contributed by atoms with Gasteiger partial charge in [-0.2, -0.15) is 0 Å². The van der Waals surface area contributed by atoms with Gasteiger partial charge in [0.25, 0.3) is 11.8 Å². The van der Waals surface area contributed by atoms with E-state index in [4.69, 9.17) is 0 Å². The van der Waals surface area contributed by atoms with E-state index in [1.807, 2.05) is 0 Å². The summed E-state index contributed by atoms with van der Waals surface area (Å²) in [5, 5.41) is 2.81. The van der Waals surface area contributed by atoms with E-state index in [2.05, 4.69) is 22.1 Å². The molecule has 2 amide bonds. The number of benzene rings is 1. The van der Waals surface area contributed by atoms with E-state index in [0.717, 1.165) is 18.5 Å². The van der Waals surface area contributed by atoms with Crippen LogP contribution in [0.15, 0.2) is 42.6 Å². The molecule has 2 heterocycles. The number of hydrogen-bond donors (Lipinski definition) is 1. The summed E-state index contributed by atoms with van der Waals surface area (Å²) in [5.74, 6) is -0.627. The minimum Gasteiger partial charge on any atom is -0.368 e. The standard InChI is InChI=1S/C21H25FN4O2/c1-2-3-9-24-20(27)19-15-16(8-10-23-19)21(28)26-13-11-25(12-14-26)18-6-4-17(22)5-7-18/h4-8,10,15H,2-3,9,11-14H2,1H3,(H,24,27). The quantitative estimate of drug-likeness (QED) is 0.778. The molecule has 0 spiro atoms. The highest BCUT2D eigenvalue weighted by Crippen LogP contribution is 2.18. The molecule has 1 aromatic heterocycles. The van der Waals surface area contributed by atoms with Gasteiger partial charge in [-0.3, -0.25) is 14.6 Å². The summed E-state index contributed by atoms with van der Waals surface area (Å²) in [6, 6.07) is 9.57. The maximum absolute atomic E-state index is 13.1. The SMILES string of the molecule is CCCCNC(=O)c1cc(C(=O)N2CCN(c3ccc(F)cc3)CC2)ccn1. The second-order valence-electron chi connectivity index (χ2n) is 6.79. The van der Waals surface area contributed by atoms with Gasteiger partial charge in [0.1, 0.15) is 11.5 Å². The molecule has 1 aromatic carbocycles. The number of hydrogen-bond acceptors (Lipinski definition) is 4. The largest absolute Gasteiger partial charge is 0.368 e. The maximum Gasteiger partial charge on any atom is 0.269 e. The van der Waals surface area contributed by atoms with Crippen molar-refractivity contribution in [2.75, 3.05) is 37.6 Å². The average Bonchev–Trinajstić information content (AvgIpc) is 2.74. The molecule has 3 rings (SSSR count). The normalized spacial score (nSPS) is 14.1. The molecule has 1 aliphatic heterocycles. The van der Waals surface area contributed by atoms with Gasteiger partial charge in [0.05, 0.1) is 0 Å². The fourth-order valence-corrected chi connectivity index (χ4v) is 3.16. The van der Waals surface area contributed by atoms with Crippen molar-refractivity contribution in [1.82, 2.24) is 15.2 Å². The zero-order valence-electron chi connectivity index (χ0n) is 16.0. The van der Waals surface area contributed by atoms with Crippen LogP contribution in [0.1, 0.15) is 40.6 Å². The summed E-state index contributed by atoms with van der Waals surface area (Å²) in [6.07, 6.45) is 3.40. The number of aromatic nitrogens is 1. The molecule has 6 nitrogen and oxygen atoms in total. The number of carbonyl (C=O) groups excluding carboxylic acids is 2. The summed E-state index contributed by atoms with van der Waals surface area (Å²) in [4.78, 5) is 33.0. The summed E-state index contributed by atoms with van der Waals surface area (Å²) in [5.41, 5.74) is 1.67. The smallest absolute Gasteiger partial charge is 0.269 e. The second-order valence-corrected chi connectivity index (χ2v) is 6.79. The summed E-state index contributed by atoms with van der Waals surface area (Å²) < 4.78 is 13.1. The molecular weight excluding hydrogens is 359 g/mol. The molecule has 0 unspecified atom stereocenters. The molecule has 2 aromatic rings. The Labute approximate surface area is 164 Å². The number of rotatable bonds is 6. The fraction of sp³-hybridized carbons (Fsp3) is 0.381. The molecule has 0 bridgehead atoms. The number of piperazine rings is 1. The lowest BCUT2D eigenvalue weighted by atomic mass is 10.1. The van der Waals surface area contributed by atoms with Gasteiger partial charge in [-0.25, -0.2) is 4.39 Å². The van der Waals surface area contributed by atoms with E-state index in [9.17, 15) is 14.0 Å². The topological polar surface area (TPSA) is 65.5 Å². The van der Waals surface area contributed by atoms with Crippen LogP contribution >= 0.6 is 0 Å². The predicted octanol–water partition coefficient (Wildman–Crippen LogP) is 2.71. The molecule has 1 N–H and O–H groups in total. The molecule has 0 atom stereocenters. The first-order valence-corrected chi connectivity index (χ1v) is 9.62. The Hall–Kier alpha value is -2.96. The highest BCUT2D eigenvalue weighted by Gasteiger charge is 2.23. The number of anilines is 1. The van der Waals surface area contributed by atoms with Crippen LogP contribution in [0.5, 0.6) is 0 Å². The van der Waals surface area contributed by atoms with E-state index in [-0.39, 0.29) is 23.3 Å². The van der Waals surface area contributed by atoms with Gasteiger partial charge in [0, 0.05) is 50.2 Å². The molecule has 0 saturated carbocycles. The molecule has 7 heteroatoms. The molecule has 1 saturated heterocycles. The van der Waals surface area contributed by atoms with Crippen LogP contribution in [0.4, 0.5) is 10.1 Å². The van der Waals surface area contributed by atoms with E-state index < -0.39 is 0 Å². The van der Waals surface area contributed by atoms with Crippen molar-refractivity contribution in [1.29, 1.82) is 0 Å². The van der Waals surface area contributed by atoms with Crippen LogP contribution in [0.3, 0.4) is 0 Å². The Morgan fingerprint density at radius 3 is 2.50 bits per heavy atom. The van der Waals surface area contributed by atoms with Gasteiger partial charge in [0.15, 0.2) is 0 Å². The Balaban J connectivity index is 1.59. The van der Waals surface area contributed by atoms with Crippen LogP contribution in [0.2, 0.25) is 0 Å².